The molecule has 29 heavy (non-hydrogen) atoms. The predicted molar refractivity (Wildman–Crippen MR) is 84.5 cm³/mol. The summed E-state index contributed by atoms with van der Waals surface area (Å²) in [6.45, 7) is 0. The van der Waals surface area contributed by atoms with Gasteiger partial charge in [-0.15, -0.1) is 0 Å². The largest absolute Gasteiger partial charge is 0.419 e. The fraction of sp³-hybridized carbons (Fsp3) is 0.375. The Hall–Kier alpha value is -2.31. The number of rotatable bonds is 3. The molecule has 4 nitrogen and oxygen atoms in total. The molecule has 1 aromatic carbocycles. The van der Waals surface area contributed by atoms with Gasteiger partial charge in [-0.3, -0.25) is 4.72 Å². The molecular weight excluding hydrogens is 436 g/mol. The molecule has 0 spiro atoms. The van der Waals surface area contributed by atoms with Gasteiger partial charge in [0.1, 0.15) is 16.5 Å². The van der Waals surface area contributed by atoms with Crippen LogP contribution in [0.2, 0.25) is 0 Å². The zero-order chi connectivity index (χ0) is 21.8. The van der Waals surface area contributed by atoms with Gasteiger partial charge in [-0.25, -0.2) is 17.2 Å². The number of hydrogen-bond acceptors (Lipinski definition) is 2. The van der Waals surface area contributed by atoms with Crippen LogP contribution in [0.1, 0.15) is 23.2 Å². The number of aromatic nitrogens is 1. The van der Waals surface area contributed by atoms with Crippen LogP contribution in [0.5, 0.6) is 0 Å². The van der Waals surface area contributed by atoms with E-state index in [0.717, 1.165) is 6.20 Å². The first-order valence-corrected chi connectivity index (χ1v) is 9.53. The molecule has 1 unspecified atom stereocenters. The van der Waals surface area contributed by atoms with Crippen LogP contribution >= 0.6 is 0 Å². The second kappa shape index (κ2) is 6.89. The maximum atomic E-state index is 13.9. The molecule has 1 heterocycles. The molecule has 2 aromatic rings. The van der Waals surface area contributed by atoms with Gasteiger partial charge in [0.2, 0.25) is 0 Å². The highest BCUT2D eigenvalue weighted by atomic mass is 32.2. The molecule has 0 saturated carbocycles. The first-order valence-electron chi connectivity index (χ1n) is 8.05. The molecular formula is C16H12F8N2O2S. The van der Waals surface area contributed by atoms with E-state index < -0.39 is 62.5 Å². The number of hydrogen-bond donors (Lipinski definition) is 2. The summed E-state index contributed by atoms with van der Waals surface area (Å²) < 4.78 is 131. The van der Waals surface area contributed by atoms with Crippen molar-refractivity contribution < 1.29 is 43.5 Å². The first-order chi connectivity index (χ1) is 13.2. The van der Waals surface area contributed by atoms with Gasteiger partial charge in [-0.1, -0.05) is 0 Å². The van der Waals surface area contributed by atoms with Crippen molar-refractivity contribution in [3.63, 3.8) is 0 Å². The SMILES string of the molecule is O=S(=O)(Nc1cc(F)c(C(F)(F)F)cc1F)c1c[nH]c2c1CC(C(F)(F)F)CC2. The van der Waals surface area contributed by atoms with E-state index in [0.29, 0.717) is 0 Å². The number of aryl methyl sites for hydroxylation is 1. The lowest BCUT2D eigenvalue weighted by molar-refractivity contribution is -0.177. The number of benzene rings is 1. The summed E-state index contributed by atoms with van der Waals surface area (Å²) in [5.41, 5.74) is -2.93. The smallest absolute Gasteiger partial charge is 0.363 e. The monoisotopic (exact) mass is 448 g/mol. The van der Waals surface area contributed by atoms with Crippen LogP contribution in [0.25, 0.3) is 0 Å². The van der Waals surface area contributed by atoms with Gasteiger partial charge >= 0.3 is 12.4 Å². The molecule has 1 atom stereocenters. The molecule has 0 fully saturated rings. The van der Waals surface area contributed by atoms with E-state index in [2.05, 4.69) is 4.98 Å². The Bertz CT molecular complexity index is 1040. The van der Waals surface area contributed by atoms with Gasteiger partial charge in [0.05, 0.1) is 17.2 Å². The van der Waals surface area contributed by atoms with E-state index in [4.69, 9.17) is 0 Å². The summed E-state index contributed by atoms with van der Waals surface area (Å²) in [6.07, 6.45) is -9.80. The summed E-state index contributed by atoms with van der Waals surface area (Å²) in [4.78, 5) is 1.93. The number of aromatic amines is 1. The second-order valence-electron chi connectivity index (χ2n) is 6.51. The zero-order valence-corrected chi connectivity index (χ0v) is 15.0. The molecule has 0 aliphatic heterocycles. The second-order valence-corrected chi connectivity index (χ2v) is 8.16. The van der Waals surface area contributed by atoms with Crippen molar-refractivity contribution in [3.05, 3.63) is 46.8 Å². The summed E-state index contributed by atoms with van der Waals surface area (Å²) >= 11 is 0. The predicted octanol–water partition coefficient (Wildman–Crippen LogP) is 4.78. The van der Waals surface area contributed by atoms with E-state index in [-0.39, 0.29) is 36.2 Å². The fourth-order valence-corrected chi connectivity index (χ4v) is 4.45. The Morgan fingerprint density at radius 1 is 1.03 bits per heavy atom. The number of alkyl halides is 6. The first kappa shape index (κ1) is 21.4. The highest BCUT2D eigenvalue weighted by Crippen LogP contribution is 2.39. The number of nitrogens with one attached hydrogen (secondary N) is 2. The average molecular weight is 448 g/mol. The van der Waals surface area contributed by atoms with E-state index in [1.165, 1.54) is 0 Å². The molecule has 0 saturated heterocycles. The van der Waals surface area contributed by atoms with Crippen molar-refractivity contribution in [3.8, 4) is 0 Å². The summed E-state index contributed by atoms with van der Waals surface area (Å²) in [5.74, 6) is -5.38. The Morgan fingerprint density at radius 3 is 2.28 bits per heavy atom. The van der Waals surface area contributed by atoms with Gasteiger partial charge in [-0.2, -0.15) is 26.3 Å². The molecule has 13 heteroatoms. The standard InChI is InChI=1S/C16H12F8N2O2S/c17-10-5-13(11(18)4-9(10)16(22,23)24)26-29(27,28)14-6-25-12-2-1-7(3-8(12)14)15(19,20)21/h4-7,25-26H,1-3H2. The molecule has 1 aliphatic carbocycles. The molecule has 1 aliphatic rings. The van der Waals surface area contributed by atoms with Crippen molar-refractivity contribution in [1.82, 2.24) is 4.98 Å². The number of fused-ring (bicyclic) bond motifs is 1. The van der Waals surface area contributed by atoms with Crippen LogP contribution in [-0.4, -0.2) is 19.6 Å². The molecule has 160 valence electrons. The Balaban J connectivity index is 1.95. The Kier molecular flexibility index (Phi) is 5.08. The highest BCUT2D eigenvalue weighted by Gasteiger charge is 2.43. The van der Waals surface area contributed by atoms with Crippen molar-refractivity contribution in [2.75, 3.05) is 4.72 Å². The van der Waals surface area contributed by atoms with Crippen LogP contribution in [0.4, 0.5) is 40.8 Å². The van der Waals surface area contributed by atoms with Gasteiger partial charge < -0.3 is 4.98 Å². The summed E-state index contributed by atoms with van der Waals surface area (Å²) in [6, 6.07) is -0.188. The normalized spacial score (nSPS) is 17.9. The molecule has 0 bridgehead atoms. The topological polar surface area (TPSA) is 62.0 Å². The van der Waals surface area contributed by atoms with Gasteiger partial charge in [0.15, 0.2) is 0 Å². The van der Waals surface area contributed by atoms with E-state index in [1.807, 2.05) is 0 Å². The third-order valence-corrected chi connectivity index (χ3v) is 6.02. The van der Waals surface area contributed by atoms with Crippen LogP contribution in [0.3, 0.4) is 0 Å². The Labute approximate surface area is 159 Å². The minimum Gasteiger partial charge on any atom is -0.363 e. The van der Waals surface area contributed by atoms with Crippen LogP contribution in [0.15, 0.2) is 23.2 Å². The summed E-state index contributed by atoms with van der Waals surface area (Å²) in [7, 11) is -4.70. The molecule has 2 N–H and O–H groups in total. The fourth-order valence-electron chi connectivity index (χ4n) is 3.15. The number of H-pyrrole nitrogens is 1. The van der Waals surface area contributed by atoms with E-state index in [9.17, 15) is 43.5 Å². The highest BCUT2D eigenvalue weighted by molar-refractivity contribution is 7.92. The lowest BCUT2D eigenvalue weighted by Gasteiger charge is -2.25. The van der Waals surface area contributed by atoms with Crippen molar-refractivity contribution >= 4 is 15.7 Å². The minimum atomic E-state index is -5.20. The molecule has 0 amide bonds. The number of anilines is 1. The van der Waals surface area contributed by atoms with E-state index in [1.54, 1.807) is 4.72 Å². The maximum absolute atomic E-state index is 13.9. The van der Waals surface area contributed by atoms with Gasteiger partial charge in [-0.05, 0) is 30.9 Å². The molecule has 3 rings (SSSR count). The van der Waals surface area contributed by atoms with Crippen molar-refractivity contribution in [2.45, 2.75) is 36.5 Å². The molecule has 1 aromatic heterocycles. The average Bonchev–Trinajstić information content (AvgIpc) is 2.99. The minimum absolute atomic E-state index is 0.0212. The maximum Gasteiger partial charge on any atom is 0.419 e. The zero-order valence-electron chi connectivity index (χ0n) is 14.2. The lowest BCUT2D eigenvalue weighted by Crippen LogP contribution is -2.29. The quantitative estimate of drug-likeness (QED) is 0.664. The van der Waals surface area contributed by atoms with Gasteiger partial charge in [0, 0.05) is 18.0 Å². The third kappa shape index (κ3) is 4.19. The van der Waals surface area contributed by atoms with Crippen LogP contribution in [-0.2, 0) is 29.0 Å². The number of halogens is 8. The van der Waals surface area contributed by atoms with E-state index >= 15 is 0 Å². The summed E-state index contributed by atoms with van der Waals surface area (Å²) in [5, 5.41) is 0. The van der Waals surface area contributed by atoms with Crippen LogP contribution < -0.4 is 4.72 Å². The van der Waals surface area contributed by atoms with Gasteiger partial charge in [0.25, 0.3) is 10.0 Å². The van der Waals surface area contributed by atoms with Crippen molar-refractivity contribution in [1.29, 1.82) is 0 Å². The van der Waals surface area contributed by atoms with Crippen molar-refractivity contribution in [2.24, 2.45) is 5.92 Å². The Morgan fingerprint density at radius 2 is 1.69 bits per heavy atom. The number of sulfonamides is 1. The lowest BCUT2D eigenvalue weighted by atomic mass is 9.87. The molecule has 0 radical (unpaired) electrons. The third-order valence-electron chi connectivity index (χ3n) is 4.59. The van der Waals surface area contributed by atoms with Crippen LogP contribution in [0, 0.1) is 17.6 Å².